The zero-order valence-electron chi connectivity index (χ0n) is 11.6. The number of allylic oxidation sites excluding steroid dienone is 1. The van der Waals surface area contributed by atoms with Gasteiger partial charge in [0.05, 0.1) is 5.52 Å². The van der Waals surface area contributed by atoms with Gasteiger partial charge in [-0.1, -0.05) is 55.5 Å². The molecule has 1 heteroatoms. The molecule has 0 radical (unpaired) electrons. The van der Waals surface area contributed by atoms with Gasteiger partial charge in [0.2, 0.25) is 0 Å². The lowest BCUT2D eigenvalue weighted by atomic mass is 9.95. The molecule has 0 N–H and O–H groups in total. The van der Waals surface area contributed by atoms with Gasteiger partial charge in [0.15, 0.2) is 0 Å². The first kappa shape index (κ1) is 11.5. The normalized spacial score (nSPS) is 17.4. The number of fused-ring (bicyclic) bond motifs is 3. The van der Waals surface area contributed by atoms with Crippen LogP contribution in [0.5, 0.6) is 0 Å². The van der Waals surface area contributed by atoms with E-state index >= 15 is 0 Å². The fraction of sp³-hybridized carbons (Fsp3) is 0.158. The first-order valence-corrected chi connectivity index (χ1v) is 7.20. The van der Waals surface area contributed by atoms with E-state index in [-0.39, 0.29) is 0 Å². The minimum absolute atomic E-state index is 0.606. The van der Waals surface area contributed by atoms with Crippen molar-refractivity contribution >= 4 is 17.0 Å². The molecular formula is C19H17N. The summed E-state index contributed by atoms with van der Waals surface area (Å²) in [6.45, 7) is 2.28. The van der Waals surface area contributed by atoms with Gasteiger partial charge in [-0.15, -0.1) is 0 Å². The van der Waals surface area contributed by atoms with Crippen molar-refractivity contribution in [1.82, 2.24) is 4.57 Å². The fourth-order valence-electron chi connectivity index (χ4n) is 3.21. The molecule has 1 aliphatic rings. The number of hydrogen-bond acceptors (Lipinski definition) is 0. The van der Waals surface area contributed by atoms with Gasteiger partial charge in [-0.05, 0) is 30.5 Å². The molecule has 0 unspecified atom stereocenters. The van der Waals surface area contributed by atoms with Crippen LogP contribution in [0.2, 0.25) is 0 Å². The van der Waals surface area contributed by atoms with Crippen LogP contribution in [-0.2, 0) is 6.42 Å². The SMILES string of the molecule is C[C@@H]1C=Cc2c(n(-c3ccccc3)c3ccccc23)C1. The van der Waals surface area contributed by atoms with Crippen molar-refractivity contribution in [2.24, 2.45) is 5.92 Å². The van der Waals surface area contributed by atoms with Crippen LogP contribution in [0.1, 0.15) is 18.2 Å². The third-order valence-corrected chi connectivity index (χ3v) is 4.14. The second-order valence-corrected chi connectivity index (χ2v) is 5.59. The summed E-state index contributed by atoms with van der Waals surface area (Å²) in [5, 5.41) is 1.36. The number of rotatable bonds is 1. The third-order valence-electron chi connectivity index (χ3n) is 4.14. The maximum atomic E-state index is 2.42. The predicted octanol–water partition coefficient (Wildman–Crippen LogP) is 4.84. The van der Waals surface area contributed by atoms with Crippen molar-refractivity contribution in [3.63, 3.8) is 0 Å². The zero-order valence-corrected chi connectivity index (χ0v) is 11.6. The zero-order chi connectivity index (χ0) is 13.5. The number of benzene rings is 2. The Bertz CT molecular complexity index is 793. The molecule has 1 aromatic heterocycles. The number of aromatic nitrogens is 1. The quantitative estimate of drug-likeness (QED) is 0.589. The molecule has 0 spiro atoms. The van der Waals surface area contributed by atoms with Crippen molar-refractivity contribution in [1.29, 1.82) is 0 Å². The van der Waals surface area contributed by atoms with Crippen molar-refractivity contribution in [3.05, 3.63) is 71.9 Å². The molecule has 0 bridgehead atoms. The first-order chi connectivity index (χ1) is 9.84. The number of nitrogens with zero attached hydrogens (tertiary/aromatic N) is 1. The van der Waals surface area contributed by atoms with Crippen LogP contribution in [0.15, 0.2) is 60.7 Å². The topological polar surface area (TPSA) is 4.93 Å². The Morgan fingerprint density at radius 1 is 0.950 bits per heavy atom. The predicted molar refractivity (Wildman–Crippen MR) is 85.2 cm³/mol. The highest BCUT2D eigenvalue weighted by Gasteiger charge is 2.20. The third kappa shape index (κ3) is 1.63. The second kappa shape index (κ2) is 4.38. The molecule has 3 aromatic rings. The van der Waals surface area contributed by atoms with E-state index in [9.17, 15) is 0 Å². The summed E-state index contributed by atoms with van der Waals surface area (Å²) in [5.41, 5.74) is 5.39. The molecule has 0 saturated heterocycles. The van der Waals surface area contributed by atoms with Crippen molar-refractivity contribution in [2.45, 2.75) is 13.3 Å². The highest BCUT2D eigenvalue weighted by atomic mass is 15.0. The molecule has 1 atom stereocenters. The van der Waals surface area contributed by atoms with Crippen molar-refractivity contribution in [2.75, 3.05) is 0 Å². The Labute approximate surface area is 119 Å². The molecule has 98 valence electrons. The summed E-state index contributed by atoms with van der Waals surface area (Å²) in [6, 6.07) is 19.4. The van der Waals surface area contributed by atoms with Crippen LogP contribution in [0.3, 0.4) is 0 Å². The molecule has 20 heavy (non-hydrogen) atoms. The lowest BCUT2D eigenvalue weighted by Crippen LogP contribution is -2.08. The minimum Gasteiger partial charge on any atom is -0.313 e. The molecule has 0 amide bonds. The van der Waals surface area contributed by atoms with Gasteiger partial charge >= 0.3 is 0 Å². The smallest absolute Gasteiger partial charge is 0.0537 e. The summed E-state index contributed by atoms with van der Waals surface area (Å²) in [5.74, 6) is 0.606. The van der Waals surface area contributed by atoms with Gasteiger partial charge in [0.25, 0.3) is 0 Å². The summed E-state index contributed by atoms with van der Waals surface area (Å²) < 4.78 is 2.42. The van der Waals surface area contributed by atoms with E-state index in [1.54, 1.807) is 0 Å². The molecule has 0 fully saturated rings. The summed E-state index contributed by atoms with van der Waals surface area (Å²) in [7, 11) is 0. The van der Waals surface area contributed by atoms with Crippen LogP contribution in [0, 0.1) is 5.92 Å². The molecule has 1 aliphatic carbocycles. The van der Waals surface area contributed by atoms with Gasteiger partial charge in [0, 0.05) is 22.3 Å². The Hall–Kier alpha value is -2.28. The van der Waals surface area contributed by atoms with E-state index in [1.165, 1.54) is 27.8 Å². The Balaban J connectivity index is 2.10. The Morgan fingerprint density at radius 3 is 2.55 bits per heavy atom. The maximum absolute atomic E-state index is 2.42. The maximum Gasteiger partial charge on any atom is 0.0537 e. The summed E-state index contributed by atoms with van der Waals surface area (Å²) in [6.07, 6.45) is 5.73. The summed E-state index contributed by atoms with van der Waals surface area (Å²) in [4.78, 5) is 0. The van der Waals surface area contributed by atoms with Gasteiger partial charge in [0.1, 0.15) is 0 Å². The van der Waals surface area contributed by atoms with Gasteiger partial charge < -0.3 is 4.57 Å². The van der Waals surface area contributed by atoms with Crippen LogP contribution in [-0.4, -0.2) is 4.57 Å². The minimum atomic E-state index is 0.606. The van der Waals surface area contributed by atoms with E-state index in [1.807, 2.05) is 0 Å². The van der Waals surface area contributed by atoms with E-state index in [0.29, 0.717) is 5.92 Å². The largest absolute Gasteiger partial charge is 0.313 e. The average molecular weight is 259 g/mol. The number of hydrogen-bond donors (Lipinski definition) is 0. The Morgan fingerprint density at radius 2 is 1.70 bits per heavy atom. The van der Waals surface area contributed by atoms with Crippen LogP contribution < -0.4 is 0 Å². The van der Waals surface area contributed by atoms with Crippen LogP contribution >= 0.6 is 0 Å². The van der Waals surface area contributed by atoms with Crippen molar-refractivity contribution in [3.8, 4) is 5.69 Å². The van der Waals surface area contributed by atoms with E-state index in [0.717, 1.165) is 6.42 Å². The molecule has 2 aromatic carbocycles. The molecule has 1 heterocycles. The van der Waals surface area contributed by atoms with Gasteiger partial charge in [-0.2, -0.15) is 0 Å². The standard InChI is InChI=1S/C19H17N/c1-14-11-12-17-16-9-5-6-10-18(16)20(19(17)13-14)15-7-3-2-4-8-15/h2-12,14H,13H2,1H3/t14-/m1/s1. The van der Waals surface area contributed by atoms with E-state index in [4.69, 9.17) is 0 Å². The van der Waals surface area contributed by atoms with Gasteiger partial charge in [-0.3, -0.25) is 0 Å². The average Bonchev–Trinajstić information content (AvgIpc) is 2.81. The molecule has 0 saturated carbocycles. The molecular weight excluding hydrogens is 242 g/mol. The molecule has 0 aliphatic heterocycles. The van der Waals surface area contributed by atoms with E-state index in [2.05, 4.69) is 78.2 Å². The molecule has 4 rings (SSSR count). The van der Waals surface area contributed by atoms with Crippen molar-refractivity contribution < 1.29 is 0 Å². The first-order valence-electron chi connectivity index (χ1n) is 7.20. The monoisotopic (exact) mass is 259 g/mol. The lowest BCUT2D eigenvalue weighted by molar-refractivity contribution is 0.690. The fourth-order valence-corrected chi connectivity index (χ4v) is 3.21. The summed E-state index contributed by atoms with van der Waals surface area (Å²) >= 11 is 0. The van der Waals surface area contributed by atoms with Gasteiger partial charge in [-0.25, -0.2) is 0 Å². The molecule has 1 nitrogen and oxygen atoms in total. The highest BCUT2D eigenvalue weighted by Crippen LogP contribution is 2.34. The van der Waals surface area contributed by atoms with E-state index < -0.39 is 0 Å². The highest BCUT2D eigenvalue weighted by molar-refractivity contribution is 5.93. The number of para-hydroxylation sites is 2. The Kier molecular flexibility index (Phi) is 2.53. The van der Waals surface area contributed by atoms with Crippen LogP contribution in [0.4, 0.5) is 0 Å². The van der Waals surface area contributed by atoms with Crippen LogP contribution in [0.25, 0.3) is 22.7 Å². The lowest BCUT2D eigenvalue weighted by Gasteiger charge is -2.17. The second-order valence-electron chi connectivity index (χ2n) is 5.59.